The van der Waals surface area contributed by atoms with Gasteiger partial charge in [0, 0.05) is 18.7 Å². The van der Waals surface area contributed by atoms with E-state index in [2.05, 4.69) is 15.5 Å². The first-order chi connectivity index (χ1) is 14.0. The number of hydrogen-bond acceptors (Lipinski definition) is 8. The van der Waals surface area contributed by atoms with E-state index < -0.39 is 15.9 Å². The zero-order valence-corrected chi connectivity index (χ0v) is 16.1. The summed E-state index contributed by atoms with van der Waals surface area (Å²) in [4.78, 5) is 12.3. The maximum Gasteiger partial charge on any atom is 0.309 e. The van der Waals surface area contributed by atoms with Gasteiger partial charge in [0.2, 0.25) is 15.9 Å². The van der Waals surface area contributed by atoms with Gasteiger partial charge in [-0.3, -0.25) is 4.79 Å². The van der Waals surface area contributed by atoms with Crippen molar-refractivity contribution in [2.75, 3.05) is 26.3 Å². The van der Waals surface area contributed by atoms with Crippen molar-refractivity contribution in [3.63, 3.8) is 0 Å². The second-order valence-corrected chi connectivity index (χ2v) is 8.15. The molecule has 3 heterocycles. The predicted molar refractivity (Wildman–Crippen MR) is 99.2 cm³/mol. The molecule has 1 saturated heterocycles. The van der Waals surface area contributed by atoms with Gasteiger partial charge in [-0.1, -0.05) is 0 Å². The number of benzene rings is 1. The third-order valence-corrected chi connectivity index (χ3v) is 6.24. The minimum atomic E-state index is -3.58. The van der Waals surface area contributed by atoms with Crippen LogP contribution in [0.3, 0.4) is 0 Å². The minimum Gasteiger partial charge on any atom is -0.467 e. The average Bonchev–Trinajstić information content (AvgIpc) is 3.45. The summed E-state index contributed by atoms with van der Waals surface area (Å²) in [6, 6.07) is 9.51. The molecule has 1 aliphatic heterocycles. The van der Waals surface area contributed by atoms with E-state index in [1.54, 1.807) is 24.3 Å². The molecule has 0 saturated carbocycles. The molecule has 29 heavy (non-hydrogen) atoms. The number of furan rings is 1. The summed E-state index contributed by atoms with van der Waals surface area (Å²) < 4.78 is 42.4. The van der Waals surface area contributed by atoms with Gasteiger partial charge in [-0.25, -0.2) is 8.42 Å². The number of ether oxygens (including phenoxy) is 1. The van der Waals surface area contributed by atoms with Crippen LogP contribution in [0.1, 0.15) is 16.4 Å². The second-order valence-electron chi connectivity index (χ2n) is 6.22. The number of aromatic nitrogens is 2. The summed E-state index contributed by atoms with van der Waals surface area (Å²) in [6.45, 7) is 1.60. The molecule has 0 aliphatic carbocycles. The van der Waals surface area contributed by atoms with Crippen LogP contribution in [0.25, 0.3) is 11.5 Å². The van der Waals surface area contributed by atoms with Crippen LogP contribution in [0.5, 0.6) is 0 Å². The highest BCUT2D eigenvalue weighted by Crippen LogP contribution is 2.22. The van der Waals surface area contributed by atoms with Gasteiger partial charge >= 0.3 is 11.8 Å². The van der Waals surface area contributed by atoms with Crippen molar-refractivity contribution in [3.05, 3.63) is 54.3 Å². The molecule has 0 bridgehead atoms. The molecule has 1 fully saturated rings. The van der Waals surface area contributed by atoms with Gasteiger partial charge in [-0.2, -0.15) is 4.31 Å². The van der Waals surface area contributed by atoms with Crippen molar-refractivity contribution < 1.29 is 26.8 Å². The summed E-state index contributed by atoms with van der Waals surface area (Å²) in [7, 11) is -3.58. The van der Waals surface area contributed by atoms with Crippen molar-refractivity contribution in [1.82, 2.24) is 19.8 Å². The molecule has 152 valence electrons. The fraction of sp³-hybridized carbons (Fsp3) is 0.278. The van der Waals surface area contributed by atoms with Gasteiger partial charge in [0.05, 0.1) is 30.9 Å². The molecule has 1 amide bonds. The van der Waals surface area contributed by atoms with Gasteiger partial charge in [0.15, 0.2) is 0 Å². The Morgan fingerprint density at radius 3 is 2.55 bits per heavy atom. The third-order valence-electron chi connectivity index (χ3n) is 4.33. The molecule has 11 heteroatoms. The maximum absolute atomic E-state index is 12.7. The summed E-state index contributed by atoms with van der Waals surface area (Å²) in [6.07, 6.45) is 1.51. The number of sulfonamides is 1. The first kappa shape index (κ1) is 19.3. The number of morpholine rings is 1. The lowest BCUT2D eigenvalue weighted by Crippen LogP contribution is -2.40. The van der Waals surface area contributed by atoms with E-state index in [0.29, 0.717) is 37.6 Å². The quantitative estimate of drug-likeness (QED) is 0.634. The fourth-order valence-corrected chi connectivity index (χ4v) is 4.20. The SMILES string of the molecule is O=C(NCc1ccco1)c1nnc(-c2ccc(S(=O)(=O)N3CCOCC3)cc2)o1. The summed E-state index contributed by atoms with van der Waals surface area (Å²) in [5, 5.41) is 10.2. The minimum absolute atomic E-state index is 0.114. The number of hydrogen-bond donors (Lipinski definition) is 1. The largest absolute Gasteiger partial charge is 0.467 e. The zero-order valence-electron chi connectivity index (χ0n) is 15.3. The summed E-state index contributed by atoms with van der Waals surface area (Å²) >= 11 is 0. The van der Waals surface area contributed by atoms with Crippen LogP contribution in [0.2, 0.25) is 0 Å². The van der Waals surface area contributed by atoms with Gasteiger partial charge < -0.3 is 18.9 Å². The topological polar surface area (TPSA) is 128 Å². The van der Waals surface area contributed by atoms with Crippen molar-refractivity contribution in [2.45, 2.75) is 11.4 Å². The Balaban J connectivity index is 1.45. The molecule has 1 N–H and O–H groups in total. The number of carbonyl (C=O) groups excluding carboxylic acids is 1. The molecule has 0 spiro atoms. The van der Waals surface area contributed by atoms with Crippen molar-refractivity contribution in [3.8, 4) is 11.5 Å². The van der Waals surface area contributed by atoms with Crippen LogP contribution < -0.4 is 5.32 Å². The first-order valence-electron chi connectivity index (χ1n) is 8.86. The van der Waals surface area contributed by atoms with Crippen LogP contribution in [0, 0.1) is 0 Å². The number of carbonyl (C=O) groups is 1. The smallest absolute Gasteiger partial charge is 0.309 e. The molecule has 1 aromatic carbocycles. The normalized spacial score (nSPS) is 15.3. The fourth-order valence-electron chi connectivity index (χ4n) is 2.79. The molecule has 2 aromatic heterocycles. The van der Waals surface area contributed by atoms with Gasteiger partial charge in [0.25, 0.3) is 0 Å². The average molecular weight is 418 g/mol. The van der Waals surface area contributed by atoms with E-state index in [9.17, 15) is 13.2 Å². The predicted octanol–water partition coefficient (Wildman–Crippen LogP) is 1.28. The Kier molecular flexibility index (Phi) is 5.43. The summed E-state index contributed by atoms with van der Waals surface area (Å²) in [5.41, 5.74) is 0.503. The lowest BCUT2D eigenvalue weighted by Gasteiger charge is -2.26. The Morgan fingerprint density at radius 1 is 1.10 bits per heavy atom. The van der Waals surface area contributed by atoms with Crippen LogP contribution in [0.15, 0.2) is 56.4 Å². The van der Waals surface area contributed by atoms with Crippen LogP contribution in [-0.4, -0.2) is 55.1 Å². The highest BCUT2D eigenvalue weighted by atomic mass is 32.2. The zero-order chi connectivity index (χ0) is 20.3. The van der Waals surface area contributed by atoms with Crippen molar-refractivity contribution in [2.24, 2.45) is 0 Å². The van der Waals surface area contributed by atoms with Gasteiger partial charge in [0.1, 0.15) is 5.76 Å². The number of amides is 1. The lowest BCUT2D eigenvalue weighted by molar-refractivity contribution is 0.0730. The monoisotopic (exact) mass is 418 g/mol. The third kappa shape index (κ3) is 4.21. The number of rotatable bonds is 6. The molecular formula is C18H18N4O6S. The molecule has 0 radical (unpaired) electrons. The number of nitrogens with zero attached hydrogens (tertiary/aromatic N) is 3. The highest BCUT2D eigenvalue weighted by molar-refractivity contribution is 7.89. The maximum atomic E-state index is 12.7. The van der Waals surface area contributed by atoms with E-state index in [4.69, 9.17) is 13.6 Å². The van der Waals surface area contributed by atoms with E-state index in [1.165, 1.54) is 22.7 Å². The molecule has 10 nitrogen and oxygen atoms in total. The Hall–Kier alpha value is -3.02. The van der Waals surface area contributed by atoms with E-state index in [0.717, 1.165) is 0 Å². The Labute approximate surface area is 166 Å². The van der Waals surface area contributed by atoms with Crippen molar-refractivity contribution >= 4 is 15.9 Å². The highest BCUT2D eigenvalue weighted by Gasteiger charge is 2.26. The van der Waals surface area contributed by atoms with E-state index in [-0.39, 0.29) is 23.2 Å². The van der Waals surface area contributed by atoms with E-state index in [1.807, 2.05) is 0 Å². The second kappa shape index (κ2) is 8.15. The number of nitrogens with one attached hydrogen (secondary N) is 1. The molecule has 0 atom stereocenters. The Bertz CT molecular complexity index is 1070. The summed E-state index contributed by atoms with van der Waals surface area (Å²) in [5.74, 6) is -0.0261. The lowest BCUT2D eigenvalue weighted by atomic mass is 10.2. The van der Waals surface area contributed by atoms with Gasteiger partial charge in [-0.05, 0) is 36.4 Å². The molecule has 0 unspecified atom stereocenters. The molecule has 1 aliphatic rings. The first-order valence-corrected chi connectivity index (χ1v) is 10.3. The van der Waals surface area contributed by atoms with Crippen LogP contribution >= 0.6 is 0 Å². The van der Waals surface area contributed by atoms with Crippen molar-refractivity contribution in [1.29, 1.82) is 0 Å². The molecular weight excluding hydrogens is 400 g/mol. The van der Waals surface area contributed by atoms with Crippen LogP contribution in [0.4, 0.5) is 0 Å². The van der Waals surface area contributed by atoms with Crippen LogP contribution in [-0.2, 0) is 21.3 Å². The Morgan fingerprint density at radius 2 is 1.86 bits per heavy atom. The standard InChI is InChI=1S/C18H18N4O6S/c23-16(19-12-14-2-1-9-27-14)18-21-20-17(28-18)13-3-5-15(6-4-13)29(24,25)22-7-10-26-11-8-22/h1-6,9H,7-8,10-12H2,(H,19,23). The molecule has 4 rings (SSSR count). The molecule has 3 aromatic rings. The van der Waals surface area contributed by atoms with E-state index >= 15 is 0 Å². The van der Waals surface area contributed by atoms with Gasteiger partial charge in [-0.15, -0.1) is 10.2 Å².